The van der Waals surface area contributed by atoms with Crippen molar-refractivity contribution in [1.82, 2.24) is 14.8 Å². The van der Waals surface area contributed by atoms with Gasteiger partial charge in [0.05, 0.1) is 34.8 Å². The van der Waals surface area contributed by atoms with E-state index in [1.165, 1.54) is 6.07 Å². The molecule has 5 nitrogen and oxygen atoms in total. The first kappa shape index (κ1) is 17.0. The van der Waals surface area contributed by atoms with Crippen LogP contribution in [-0.2, 0) is 17.6 Å². The predicted octanol–water partition coefficient (Wildman–Crippen LogP) is 3.81. The van der Waals surface area contributed by atoms with Crippen LogP contribution in [-0.4, -0.2) is 27.5 Å². The molecule has 3 aromatic rings. The highest BCUT2D eigenvalue weighted by atomic mass is 35.5. The number of benzene rings is 1. The van der Waals surface area contributed by atoms with Gasteiger partial charge < -0.3 is 10.5 Å². The van der Waals surface area contributed by atoms with Crippen molar-refractivity contribution in [1.29, 1.82) is 0 Å². The van der Waals surface area contributed by atoms with E-state index in [4.69, 9.17) is 27.2 Å². The van der Waals surface area contributed by atoms with Gasteiger partial charge in [-0.2, -0.15) is 5.10 Å². The molecule has 0 fully saturated rings. The molecule has 1 atom stereocenters. The van der Waals surface area contributed by atoms with Gasteiger partial charge in [-0.25, -0.2) is 14.1 Å². The number of aromatic nitrogens is 3. The second-order valence-electron chi connectivity index (χ2n) is 6.39. The zero-order chi connectivity index (χ0) is 18.3. The molecule has 0 bridgehead atoms. The Bertz CT molecular complexity index is 955. The third-order valence-corrected chi connectivity index (χ3v) is 4.82. The average molecular weight is 373 g/mol. The smallest absolute Gasteiger partial charge is 0.141 e. The van der Waals surface area contributed by atoms with E-state index in [9.17, 15) is 4.39 Å². The van der Waals surface area contributed by atoms with Crippen LogP contribution < -0.4 is 5.73 Å². The zero-order valence-electron chi connectivity index (χ0n) is 14.2. The molecule has 7 heteroatoms. The van der Waals surface area contributed by atoms with Gasteiger partial charge >= 0.3 is 0 Å². The molecule has 1 aromatic carbocycles. The Morgan fingerprint density at radius 1 is 1.31 bits per heavy atom. The normalized spacial score (nSPS) is 17.0. The fourth-order valence-electron chi connectivity index (χ4n) is 3.26. The number of nitrogens with two attached hydrogens (primary N) is 1. The summed E-state index contributed by atoms with van der Waals surface area (Å²) in [7, 11) is 0. The summed E-state index contributed by atoms with van der Waals surface area (Å²) in [5, 5.41) is 4.88. The van der Waals surface area contributed by atoms with Gasteiger partial charge in [0.25, 0.3) is 0 Å². The molecular weight excluding hydrogens is 355 g/mol. The third-order valence-electron chi connectivity index (χ3n) is 4.53. The van der Waals surface area contributed by atoms with E-state index in [1.54, 1.807) is 24.4 Å². The number of anilines is 1. The van der Waals surface area contributed by atoms with Crippen molar-refractivity contribution in [2.45, 2.75) is 25.9 Å². The highest BCUT2D eigenvalue weighted by molar-refractivity contribution is 6.30. The monoisotopic (exact) mass is 372 g/mol. The molecule has 1 aliphatic heterocycles. The minimum atomic E-state index is -0.451. The van der Waals surface area contributed by atoms with Crippen LogP contribution in [0.25, 0.3) is 16.9 Å². The van der Waals surface area contributed by atoms with Gasteiger partial charge in [-0.3, -0.25) is 0 Å². The maximum Gasteiger partial charge on any atom is 0.141 e. The Morgan fingerprint density at radius 2 is 2.15 bits per heavy atom. The minimum absolute atomic E-state index is 0.0695. The molecule has 0 radical (unpaired) electrons. The van der Waals surface area contributed by atoms with Gasteiger partial charge in [-0.1, -0.05) is 11.6 Å². The van der Waals surface area contributed by atoms with Gasteiger partial charge in [0.2, 0.25) is 0 Å². The van der Waals surface area contributed by atoms with E-state index >= 15 is 0 Å². The van der Waals surface area contributed by atoms with Crippen LogP contribution in [0.1, 0.15) is 18.2 Å². The Balaban J connectivity index is 1.91. The highest BCUT2D eigenvalue weighted by Crippen LogP contribution is 2.31. The topological polar surface area (TPSA) is 66.0 Å². The number of nitrogen functional groups attached to an aromatic ring is 1. The summed E-state index contributed by atoms with van der Waals surface area (Å²) < 4.78 is 21.2. The van der Waals surface area contributed by atoms with Crippen molar-refractivity contribution in [2.75, 3.05) is 12.3 Å². The molecule has 2 aromatic heterocycles. The molecule has 26 heavy (non-hydrogen) atoms. The maximum absolute atomic E-state index is 13.6. The van der Waals surface area contributed by atoms with E-state index in [0.29, 0.717) is 18.8 Å². The first-order valence-corrected chi connectivity index (χ1v) is 8.80. The van der Waals surface area contributed by atoms with Gasteiger partial charge in [0.1, 0.15) is 11.6 Å². The molecule has 0 saturated heterocycles. The number of hydrogen-bond donors (Lipinski definition) is 1. The van der Waals surface area contributed by atoms with E-state index in [0.717, 1.165) is 34.6 Å². The lowest BCUT2D eigenvalue weighted by Gasteiger charge is -2.11. The van der Waals surface area contributed by atoms with Gasteiger partial charge in [0, 0.05) is 23.7 Å². The Labute approximate surface area is 155 Å². The summed E-state index contributed by atoms with van der Waals surface area (Å²) >= 11 is 5.98. The number of halogens is 2. The number of nitrogens with zero attached hydrogens (tertiary/aromatic N) is 3. The molecule has 4 rings (SSSR count). The summed E-state index contributed by atoms with van der Waals surface area (Å²) in [5.41, 5.74) is 10.3. The molecular formula is C19H18ClFN4O. The van der Waals surface area contributed by atoms with Crippen LogP contribution in [0.15, 0.2) is 36.5 Å². The summed E-state index contributed by atoms with van der Waals surface area (Å²) in [6.45, 7) is 2.66. The number of hydrogen-bond acceptors (Lipinski definition) is 4. The van der Waals surface area contributed by atoms with E-state index < -0.39 is 5.82 Å². The number of fused-ring (bicyclic) bond motifs is 1. The molecule has 0 saturated carbocycles. The molecule has 0 spiro atoms. The molecule has 0 aliphatic carbocycles. The van der Waals surface area contributed by atoms with Crippen molar-refractivity contribution in [3.05, 3.63) is 58.6 Å². The first-order valence-electron chi connectivity index (χ1n) is 8.42. The Morgan fingerprint density at radius 3 is 2.88 bits per heavy atom. The third kappa shape index (κ3) is 3.06. The quantitative estimate of drug-likeness (QED) is 0.742. The van der Waals surface area contributed by atoms with Crippen molar-refractivity contribution >= 4 is 17.4 Å². The zero-order valence-corrected chi connectivity index (χ0v) is 15.0. The molecule has 0 unspecified atom stereocenters. The fourth-order valence-corrected chi connectivity index (χ4v) is 3.43. The van der Waals surface area contributed by atoms with Gasteiger partial charge in [0.15, 0.2) is 0 Å². The van der Waals surface area contributed by atoms with Crippen LogP contribution in [0.2, 0.25) is 5.02 Å². The Kier molecular flexibility index (Phi) is 4.38. The van der Waals surface area contributed by atoms with Crippen LogP contribution in [0.3, 0.4) is 0 Å². The van der Waals surface area contributed by atoms with Crippen LogP contribution in [0.4, 0.5) is 10.2 Å². The number of ether oxygens (including phenoxy) is 1. The molecule has 3 heterocycles. The molecule has 0 amide bonds. The minimum Gasteiger partial charge on any atom is -0.384 e. The number of rotatable bonds is 2. The second-order valence-corrected chi connectivity index (χ2v) is 6.80. The fraction of sp³-hybridized carbons (Fsp3) is 0.263. The van der Waals surface area contributed by atoms with E-state index in [-0.39, 0.29) is 11.1 Å². The van der Waals surface area contributed by atoms with Crippen LogP contribution >= 0.6 is 11.6 Å². The number of pyridine rings is 1. The second kappa shape index (κ2) is 6.70. The molecule has 2 N–H and O–H groups in total. The average Bonchev–Trinajstić information content (AvgIpc) is 2.85. The summed E-state index contributed by atoms with van der Waals surface area (Å²) in [6.07, 6.45) is 3.24. The van der Waals surface area contributed by atoms with E-state index in [1.807, 2.05) is 17.7 Å². The van der Waals surface area contributed by atoms with Crippen molar-refractivity contribution < 1.29 is 9.13 Å². The SMILES string of the molecule is C[C@@H]1Cc2c(c(-c3ccc(N)nc3)nn2-c2ccc(F)c(Cl)c2)CCO1. The van der Waals surface area contributed by atoms with E-state index in [2.05, 4.69) is 4.98 Å². The van der Waals surface area contributed by atoms with Gasteiger partial charge in [-0.15, -0.1) is 0 Å². The summed E-state index contributed by atoms with van der Waals surface area (Å²) in [6, 6.07) is 8.28. The lowest BCUT2D eigenvalue weighted by Crippen LogP contribution is -2.13. The first-order chi connectivity index (χ1) is 12.5. The Hall–Kier alpha value is -2.44. The predicted molar refractivity (Wildman–Crippen MR) is 99.0 cm³/mol. The van der Waals surface area contributed by atoms with Crippen LogP contribution in [0.5, 0.6) is 0 Å². The molecule has 134 valence electrons. The largest absolute Gasteiger partial charge is 0.384 e. The summed E-state index contributed by atoms with van der Waals surface area (Å²) in [4.78, 5) is 4.18. The molecule has 1 aliphatic rings. The lowest BCUT2D eigenvalue weighted by molar-refractivity contribution is 0.0735. The van der Waals surface area contributed by atoms with Crippen molar-refractivity contribution in [2.24, 2.45) is 0 Å². The standard InChI is InChI=1S/C19H18ClFN4O/c1-11-8-17-14(6-7-26-11)19(12-2-5-18(22)23-10-12)24-25(17)13-3-4-16(21)15(20)9-13/h2-5,9-11H,6-8H2,1H3,(H2,22,23)/t11-/m1/s1. The lowest BCUT2D eigenvalue weighted by atomic mass is 10.0. The van der Waals surface area contributed by atoms with Gasteiger partial charge in [-0.05, 0) is 43.7 Å². The summed E-state index contributed by atoms with van der Waals surface area (Å²) in [5.74, 6) is 0.00914. The van der Waals surface area contributed by atoms with Crippen LogP contribution in [0, 0.1) is 5.82 Å². The maximum atomic E-state index is 13.6. The van der Waals surface area contributed by atoms with Crippen molar-refractivity contribution in [3.63, 3.8) is 0 Å². The highest BCUT2D eigenvalue weighted by Gasteiger charge is 2.25. The van der Waals surface area contributed by atoms with Crippen molar-refractivity contribution in [3.8, 4) is 16.9 Å².